The van der Waals surface area contributed by atoms with Crippen LogP contribution in [0.15, 0.2) is 37.1 Å². The maximum absolute atomic E-state index is 12.7. The molecule has 132 valence electrons. The van der Waals surface area contributed by atoms with Gasteiger partial charge < -0.3 is 10.6 Å². The molecule has 2 aromatic heterocycles. The molecule has 1 fully saturated rings. The van der Waals surface area contributed by atoms with Gasteiger partial charge in [0.25, 0.3) is 0 Å². The van der Waals surface area contributed by atoms with Gasteiger partial charge in [-0.3, -0.25) is 14.2 Å². The molecule has 2 heterocycles. The smallest absolute Gasteiger partial charge is 0.246 e. The van der Waals surface area contributed by atoms with E-state index >= 15 is 0 Å². The Morgan fingerprint density at radius 3 is 2.64 bits per heavy atom. The number of imidazole rings is 1. The van der Waals surface area contributed by atoms with E-state index in [2.05, 4.69) is 20.6 Å². The van der Waals surface area contributed by atoms with Gasteiger partial charge in [-0.05, 0) is 24.5 Å². The van der Waals surface area contributed by atoms with E-state index in [0.29, 0.717) is 19.4 Å². The molecule has 0 bridgehead atoms. The Morgan fingerprint density at radius 2 is 2.04 bits per heavy atom. The van der Waals surface area contributed by atoms with E-state index in [1.807, 2.05) is 22.9 Å². The molecule has 3 rings (SSSR count). The molecular formula is C18H23N5O2. The molecule has 0 unspecified atom stereocenters. The van der Waals surface area contributed by atoms with Gasteiger partial charge in [0.15, 0.2) is 0 Å². The Balaban J connectivity index is 1.63. The largest absolute Gasteiger partial charge is 0.350 e. The molecule has 1 saturated carbocycles. The van der Waals surface area contributed by atoms with E-state index < -0.39 is 5.54 Å². The summed E-state index contributed by atoms with van der Waals surface area (Å²) in [5.41, 5.74) is 0.139. The van der Waals surface area contributed by atoms with Gasteiger partial charge in [0.05, 0.1) is 0 Å². The standard InChI is InChI=1S/C18H23N5O2/c1-14(24)22-18(7-3-2-4-8-18)17(25)21-12-15-5-6-16(20-11-15)23-10-9-19-13-23/h5-6,9-11,13H,2-4,7-8,12H2,1H3,(H,21,25)(H,22,24). The summed E-state index contributed by atoms with van der Waals surface area (Å²) >= 11 is 0. The lowest BCUT2D eigenvalue weighted by Gasteiger charge is -2.36. The maximum Gasteiger partial charge on any atom is 0.246 e. The van der Waals surface area contributed by atoms with Crippen LogP contribution in [0.25, 0.3) is 5.82 Å². The van der Waals surface area contributed by atoms with Crippen LogP contribution in [0.3, 0.4) is 0 Å². The molecule has 0 atom stereocenters. The minimum absolute atomic E-state index is 0.110. The SMILES string of the molecule is CC(=O)NC1(C(=O)NCc2ccc(-n3ccnc3)nc2)CCCCC1. The van der Waals surface area contributed by atoms with Crippen LogP contribution in [0, 0.1) is 0 Å². The van der Waals surface area contributed by atoms with Crippen molar-refractivity contribution in [2.24, 2.45) is 0 Å². The number of carbonyl (C=O) groups excluding carboxylic acids is 2. The second kappa shape index (κ2) is 7.46. The summed E-state index contributed by atoms with van der Waals surface area (Å²) in [7, 11) is 0. The summed E-state index contributed by atoms with van der Waals surface area (Å²) in [5.74, 6) is 0.499. The highest BCUT2D eigenvalue weighted by molar-refractivity contribution is 5.91. The molecule has 0 aliphatic heterocycles. The van der Waals surface area contributed by atoms with Gasteiger partial charge in [-0.1, -0.05) is 25.3 Å². The fraction of sp³-hybridized carbons (Fsp3) is 0.444. The van der Waals surface area contributed by atoms with Gasteiger partial charge >= 0.3 is 0 Å². The van der Waals surface area contributed by atoms with E-state index in [0.717, 1.165) is 30.6 Å². The second-order valence-corrected chi connectivity index (χ2v) is 6.50. The van der Waals surface area contributed by atoms with Crippen LogP contribution in [0.1, 0.15) is 44.6 Å². The lowest BCUT2D eigenvalue weighted by molar-refractivity contribution is -0.134. The first-order valence-corrected chi connectivity index (χ1v) is 8.59. The summed E-state index contributed by atoms with van der Waals surface area (Å²) in [5, 5.41) is 5.84. The van der Waals surface area contributed by atoms with Gasteiger partial charge in [-0.2, -0.15) is 0 Å². The summed E-state index contributed by atoms with van der Waals surface area (Å²) < 4.78 is 1.82. The molecule has 2 amide bonds. The molecule has 2 N–H and O–H groups in total. The average molecular weight is 341 g/mol. The van der Waals surface area contributed by atoms with E-state index in [-0.39, 0.29) is 11.8 Å². The van der Waals surface area contributed by atoms with Crippen molar-refractivity contribution in [3.63, 3.8) is 0 Å². The molecule has 7 heteroatoms. The summed E-state index contributed by atoms with van der Waals surface area (Å²) in [6, 6.07) is 3.81. The first-order chi connectivity index (χ1) is 12.1. The normalized spacial score (nSPS) is 16.2. The van der Waals surface area contributed by atoms with Crippen molar-refractivity contribution >= 4 is 11.8 Å². The summed E-state index contributed by atoms with van der Waals surface area (Å²) in [6.07, 6.45) is 11.3. The Labute approximate surface area is 146 Å². The zero-order chi connectivity index (χ0) is 17.7. The third-order valence-corrected chi connectivity index (χ3v) is 4.59. The zero-order valence-corrected chi connectivity index (χ0v) is 14.4. The van der Waals surface area contributed by atoms with E-state index in [1.165, 1.54) is 6.92 Å². The van der Waals surface area contributed by atoms with Crippen molar-refractivity contribution in [1.29, 1.82) is 0 Å². The van der Waals surface area contributed by atoms with Crippen LogP contribution >= 0.6 is 0 Å². The average Bonchev–Trinajstić information content (AvgIpc) is 3.15. The van der Waals surface area contributed by atoms with E-state index in [9.17, 15) is 9.59 Å². The quantitative estimate of drug-likeness (QED) is 0.867. The number of amides is 2. The first kappa shape index (κ1) is 17.1. The van der Waals surface area contributed by atoms with Crippen LogP contribution < -0.4 is 10.6 Å². The van der Waals surface area contributed by atoms with Gasteiger partial charge in [-0.25, -0.2) is 9.97 Å². The second-order valence-electron chi connectivity index (χ2n) is 6.50. The number of nitrogens with zero attached hydrogens (tertiary/aromatic N) is 3. The molecule has 25 heavy (non-hydrogen) atoms. The van der Waals surface area contributed by atoms with Gasteiger partial charge in [0.2, 0.25) is 11.8 Å². The number of pyridine rings is 1. The third-order valence-electron chi connectivity index (χ3n) is 4.59. The molecule has 2 aromatic rings. The predicted octanol–water partition coefficient (Wildman–Crippen LogP) is 1.72. The van der Waals surface area contributed by atoms with Crippen LogP contribution in [-0.4, -0.2) is 31.9 Å². The van der Waals surface area contributed by atoms with Crippen molar-refractivity contribution in [2.75, 3.05) is 0 Å². The molecule has 0 aromatic carbocycles. The van der Waals surface area contributed by atoms with Gasteiger partial charge in [0, 0.05) is 32.1 Å². The van der Waals surface area contributed by atoms with Gasteiger partial charge in [0.1, 0.15) is 17.7 Å². The van der Waals surface area contributed by atoms with E-state index in [1.54, 1.807) is 18.7 Å². The van der Waals surface area contributed by atoms with Crippen LogP contribution in [0.2, 0.25) is 0 Å². The lowest BCUT2D eigenvalue weighted by Crippen LogP contribution is -2.59. The van der Waals surface area contributed by atoms with Crippen LogP contribution in [0.5, 0.6) is 0 Å². The molecule has 0 saturated heterocycles. The van der Waals surface area contributed by atoms with Crippen molar-refractivity contribution < 1.29 is 9.59 Å². The first-order valence-electron chi connectivity index (χ1n) is 8.59. The minimum Gasteiger partial charge on any atom is -0.350 e. The van der Waals surface area contributed by atoms with Crippen molar-refractivity contribution in [2.45, 2.75) is 51.1 Å². The number of hydrogen-bond acceptors (Lipinski definition) is 4. The molecule has 1 aliphatic rings. The Morgan fingerprint density at radius 1 is 1.24 bits per heavy atom. The van der Waals surface area contributed by atoms with Crippen molar-refractivity contribution in [3.05, 3.63) is 42.6 Å². The fourth-order valence-corrected chi connectivity index (χ4v) is 3.32. The maximum atomic E-state index is 12.7. The predicted molar refractivity (Wildman–Crippen MR) is 92.8 cm³/mol. The number of hydrogen-bond donors (Lipinski definition) is 2. The van der Waals surface area contributed by atoms with Crippen LogP contribution in [0.4, 0.5) is 0 Å². The summed E-state index contributed by atoms with van der Waals surface area (Å²) in [6.45, 7) is 1.85. The number of aromatic nitrogens is 3. The third kappa shape index (κ3) is 4.04. The van der Waals surface area contributed by atoms with Gasteiger partial charge in [-0.15, -0.1) is 0 Å². The number of carbonyl (C=O) groups is 2. The van der Waals surface area contributed by atoms with E-state index in [4.69, 9.17) is 0 Å². The highest BCUT2D eigenvalue weighted by Gasteiger charge is 2.39. The fourth-order valence-electron chi connectivity index (χ4n) is 3.32. The van der Waals surface area contributed by atoms with Crippen LogP contribution in [-0.2, 0) is 16.1 Å². The minimum atomic E-state index is -0.770. The molecule has 0 radical (unpaired) electrons. The topological polar surface area (TPSA) is 88.9 Å². The summed E-state index contributed by atoms with van der Waals surface area (Å²) in [4.78, 5) is 32.6. The lowest BCUT2D eigenvalue weighted by atomic mass is 9.80. The Hall–Kier alpha value is -2.70. The molecule has 1 aliphatic carbocycles. The van der Waals surface area contributed by atoms with Crippen molar-refractivity contribution in [3.8, 4) is 5.82 Å². The molecule has 0 spiro atoms. The molecule has 7 nitrogen and oxygen atoms in total. The Kier molecular flexibility index (Phi) is 5.11. The number of nitrogens with one attached hydrogen (secondary N) is 2. The monoisotopic (exact) mass is 341 g/mol. The number of rotatable bonds is 5. The zero-order valence-electron chi connectivity index (χ0n) is 14.4. The van der Waals surface area contributed by atoms with Crippen molar-refractivity contribution in [1.82, 2.24) is 25.2 Å². The highest BCUT2D eigenvalue weighted by Crippen LogP contribution is 2.28. The Bertz CT molecular complexity index is 718. The molecular weight excluding hydrogens is 318 g/mol. The highest BCUT2D eigenvalue weighted by atomic mass is 16.2.